The van der Waals surface area contributed by atoms with E-state index in [-0.39, 0.29) is 23.7 Å². The molecular formula is C17H29NO3. The average Bonchev–Trinajstić information content (AvgIpc) is 2.35. The minimum absolute atomic E-state index is 0.136. The Morgan fingerprint density at radius 2 is 1.62 bits per heavy atom. The van der Waals surface area contributed by atoms with Crippen molar-refractivity contribution in [3.8, 4) is 0 Å². The second-order valence-corrected chi connectivity index (χ2v) is 8.04. The van der Waals surface area contributed by atoms with Crippen LogP contribution in [0.2, 0.25) is 0 Å². The molecule has 1 saturated heterocycles. The van der Waals surface area contributed by atoms with Gasteiger partial charge in [-0.05, 0) is 37.0 Å². The molecule has 1 N–H and O–H groups in total. The molecule has 1 atom stereocenters. The second-order valence-electron chi connectivity index (χ2n) is 8.04. The van der Waals surface area contributed by atoms with Gasteiger partial charge in [0.2, 0.25) is 5.91 Å². The van der Waals surface area contributed by atoms with Crippen LogP contribution >= 0.6 is 0 Å². The first kappa shape index (κ1) is 16.3. The normalized spacial score (nSPS) is 28.9. The van der Waals surface area contributed by atoms with Crippen LogP contribution in [0.3, 0.4) is 0 Å². The molecule has 0 spiro atoms. The molecule has 2 rings (SSSR count). The number of aliphatic carboxylic acids is 1. The average molecular weight is 295 g/mol. The number of carbonyl (C=O) groups excluding carboxylic acids is 1. The molecule has 0 aromatic heterocycles. The van der Waals surface area contributed by atoms with Crippen LogP contribution in [0.15, 0.2) is 0 Å². The smallest absolute Gasteiger partial charge is 0.306 e. The van der Waals surface area contributed by atoms with Crippen molar-refractivity contribution in [2.75, 3.05) is 13.1 Å². The maximum atomic E-state index is 12.5. The molecule has 1 amide bonds. The minimum atomic E-state index is -0.752. The quantitative estimate of drug-likeness (QED) is 0.870. The van der Waals surface area contributed by atoms with Gasteiger partial charge in [0, 0.05) is 24.9 Å². The third-order valence-corrected chi connectivity index (χ3v) is 5.62. The molecule has 21 heavy (non-hydrogen) atoms. The summed E-state index contributed by atoms with van der Waals surface area (Å²) in [6.07, 6.45) is 4.28. The van der Waals surface area contributed by atoms with Gasteiger partial charge in [0.1, 0.15) is 0 Å². The summed E-state index contributed by atoms with van der Waals surface area (Å²) in [7, 11) is 0. The Labute approximate surface area is 127 Å². The van der Waals surface area contributed by atoms with Crippen LogP contribution in [-0.2, 0) is 9.59 Å². The van der Waals surface area contributed by atoms with Crippen molar-refractivity contribution in [2.24, 2.45) is 29.1 Å². The Bertz CT molecular complexity index is 399. The van der Waals surface area contributed by atoms with Gasteiger partial charge >= 0.3 is 5.97 Å². The number of amides is 1. The SMILES string of the molecule is CC(C(=O)O)C1CN(C(=O)C2CCC(C(C)(C)C)CC2)C1. The lowest BCUT2D eigenvalue weighted by Crippen LogP contribution is -2.55. The summed E-state index contributed by atoms with van der Waals surface area (Å²) < 4.78 is 0. The number of nitrogens with zero attached hydrogens (tertiary/aromatic N) is 1. The highest BCUT2D eigenvalue weighted by Gasteiger charge is 2.40. The molecule has 0 aromatic rings. The van der Waals surface area contributed by atoms with Gasteiger partial charge in [-0.15, -0.1) is 0 Å². The summed E-state index contributed by atoms with van der Waals surface area (Å²) in [6.45, 7) is 9.85. The van der Waals surface area contributed by atoms with E-state index in [4.69, 9.17) is 5.11 Å². The monoisotopic (exact) mass is 295 g/mol. The van der Waals surface area contributed by atoms with Crippen molar-refractivity contribution in [3.05, 3.63) is 0 Å². The van der Waals surface area contributed by atoms with Crippen LogP contribution in [0.1, 0.15) is 53.4 Å². The highest BCUT2D eigenvalue weighted by Crippen LogP contribution is 2.41. The van der Waals surface area contributed by atoms with Gasteiger partial charge in [-0.1, -0.05) is 27.7 Å². The first-order valence-electron chi connectivity index (χ1n) is 8.21. The van der Waals surface area contributed by atoms with Crippen LogP contribution in [0.4, 0.5) is 0 Å². The lowest BCUT2D eigenvalue weighted by atomic mass is 9.69. The molecule has 1 saturated carbocycles. The number of hydrogen-bond donors (Lipinski definition) is 1. The second kappa shape index (κ2) is 5.98. The molecule has 1 aliphatic carbocycles. The topological polar surface area (TPSA) is 57.6 Å². The summed E-state index contributed by atoms with van der Waals surface area (Å²) >= 11 is 0. The lowest BCUT2D eigenvalue weighted by Gasteiger charge is -2.44. The minimum Gasteiger partial charge on any atom is -0.481 e. The molecule has 4 nitrogen and oxygen atoms in total. The standard InChI is InChI=1S/C17H29NO3/c1-11(16(20)21)13-9-18(10-13)15(19)12-5-7-14(8-6-12)17(2,3)4/h11-14H,5-10H2,1-4H3,(H,20,21). The van der Waals surface area contributed by atoms with E-state index in [0.717, 1.165) is 31.6 Å². The maximum absolute atomic E-state index is 12.5. The third-order valence-electron chi connectivity index (χ3n) is 5.62. The van der Waals surface area contributed by atoms with Gasteiger partial charge in [0.25, 0.3) is 0 Å². The predicted molar refractivity (Wildman–Crippen MR) is 81.8 cm³/mol. The van der Waals surface area contributed by atoms with E-state index in [1.165, 1.54) is 0 Å². The zero-order valence-electron chi connectivity index (χ0n) is 13.8. The number of likely N-dealkylation sites (tertiary alicyclic amines) is 1. The number of carbonyl (C=O) groups is 2. The van der Waals surface area contributed by atoms with Crippen LogP contribution < -0.4 is 0 Å². The van der Waals surface area contributed by atoms with Gasteiger partial charge in [-0.3, -0.25) is 9.59 Å². The largest absolute Gasteiger partial charge is 0.481 e. The molecule has 4 heteroatoms. The van der Waals surface area contributed by atoms with E-state index in [2.05, 4.69) is 20.8 Å². The van der Waals surface area contributed by atoms with Crippen LogP contribution in [0.5, 0.6) is 0 Å². The number of carboxylic acid groups (broad SMARTS) is 1. The summed E-state index contributed by atoms with van der Waals surface area (Å²) in [6, 6.07) is 0. The zero-order chi connectivity index (χ0) is 15.8. The Hall–Kier alpha value is -1.06. The van der Waals surface area contributed by atoms with E-state index in [1.54, 1.807) is 6.92 Å². The van der Waals surface area contributed by atoms with Crippen molar-refractivity contribution < 1.29 is 14.7 Å². The Morgan fingerprint density at radius 3 is 2.05 bits per heavy atom. The van der Waals surface area contributed by atoms with Gasteiger partial charge in [0.05, 0.1) is 5.92 Å². The highest BCUT2D eigenvalue weighted by atomic mass is 16.4. The summed E-state index contributed by atoms with van der Waals surface area (Å²) in [5.41, 5.74) is 0.340. The molecule has 2 aliphatic rings. The predicted octanol–water partition coefficient (Wildman–Crippen LogP) is 3.02. The van der Waals surface area contributed by atoms with E-state index < -0.39 is 5.97 Å². The summed E-state index contributed by atoms with van der Waals surface area (Å²) in [5, 5.41) is 8.99. The molecule has 1 unspecified atom stereocenters. The van der Waals surface area contributed by atoms with Crippen LogP contribution in [-0.4, -0.2) is 35.0 Å². The van der Waals surface area contributed by atoms with Crippen LogP contribution in [0, 0.1) is 29.1 Å². The third kappa shape index (κ3) is 3.58. The van der Waals surface area contributed by atoms with Gasteiger partial charge in [0.15, 0.2) is 0 Å². The number of rotatable bonds is 3. The number of carboxylic acids is 1. The van der Waals surface area contributed by atoms with Crippen molar-refractivity contribution in [2.45, 2.75) is 53.4 Å². The first-order chi connectivity index (χ1) is 9.70. The van der Waals surface area contributed by atoms with Crippen molar-refractivity contribution in [1.29, 1.82) is 0 Å². The van der Waals surface area contributed by atoms with Gasteiger partial charge in [-0.25, -0.2) is 0 Å². The molecule has 0 radical (unpaired) electrons. The molecule has 0 aromatic carbocycles. The Morgan fingerprint density at radius 1 is 1.10 bits per heavy atom. The Balaban J connectivity index is 1.78. The van der Waals surface area contributed by atoms with E-state index in [0.29, 0.717) is 18.5 Å². The fourth-order valence-electron chi connectivity index (χ4n) is 3.68. The van der Waals surface area contributed by atoms with E-state index >= 15 is 0 Å². The van der Waals surface area contributed by atoms with Crippen molar-refractivity contribution >= 4 is 11.9 Å². The summed E-state index contributed by atoms with van der Waals surface area (Å²) in [5.74, 6) is 0.194. The molecular weight excluding hydrogens is 266 g/mol. The first-order valence-corrected chi connectivity index (χ1v) is 8.21. The van der Waals surface area contributed by atoms with Crippen molar-refractivity contribution in [1.82, 2.24) is 4.90 Å². The maximum Gasteiger partial charge on any atom is 0.306 e. The highest BCUT2D eigenvalue weighted by molar-refractivity contribution is 5.80. The lowest BCUT2D eigenvalue weighted by molar-refractivity contribution is -0.153. The Kier molecular flexibility index (Phi) is 4.64. The zero-order valence-corrected chi connectivity index (χ0v) is 13.8. The summed E-state index contributed by atoms with van der Waals surface area (Å²) in [4.78, 5) is 25.3. The fraction of sp³-hybridized carbons (Fsp3) is 0.882. The van der Waals surface area contributed by atoms with E-state index in [1.807, 2.05) is 4.90 Å². The van der Waals surface area contributed by atoms with Crippen LogP contribution in [0.25, 0.3) is 0 Å². The van der Waals surface area contributed by atoms with Gasteiger partial charge < -0.3 is 10.0 Å². The fourth-order valence-corrected chi connectivity index (χ4v) is 3.68. The molecule has 2 fully saturated rings. The van der Waals surface area contributed by atoms with Crippen molar-refractivity contribution in [3.63, 3.8) is 0 Å². The van der Waals surface area contributed by atoms with E-state index in [9.17, 15) is 9.59 Å². The molecule has 0 bridgehead atoms. The number of hydrogen-bond acceptors (Lipinski definition) is 2. The molecule has 120 valence electrons. The molecule has 1 aliphatic heterocycles. The molecule has 1 heterocycles. The van der Waals surface area contributed by atoms with Gasteiger partial charge in [-0.2, -0.15) is 0 Å².